The molecule has 0 aromatic carbocycles. The number of halogens is 1. The Labute approximate surface area is 115 Å². The summed E-state index contributed by atoms with van der Waals surface area (Å²) in [5.41, 5.74) is 1.26. The summed E-state index contributed by atoms with van der Waals surface area (Å²) in [6.45, 7) is 1.57. The molecule has 2 fully saturated rings. The Kier molecular flexibility index (Phi) is 2.61. The Bertz CT molecular complexity index is 602. The van der Waals surface area contributed by atoms with Gasteiger partial charge >= 0.3 is 0 Å². The molecule has 0 amide bonds. The first-order chi connectivity index (χ1) is 9.79. The summed E-state index contributed by atoms with van der Waals surface area (Å²) in [7, 11) is 0. The highest BCUT2D eigenvalue weighted by Crippen LogP contribution is 2.39. The van der Waals surface area contributed by atoms with Crippen molar-refractivity contribution in [2.75, 3.05) is 18.0 Å². The molecule has 102 valence electrons. The maximum atomic E-state index is 12.8. The minimum atomic E-state index is -0.412. The molecule has 1 saturated heterocycles. The smallest absolute Gasteiger partial charge is 0.225 e. The van der Waals surface area contributed by atoms with Crippen LogP contribution in [0.1, 0.15) is 36.1 Å². The van der Waals surface area contributed by atoms with E-state index in [1.54, 1.807) is 0 Å². The molecule has 3 heterocycles. The predicted octanol–water partition coefficient (Wildman–Crippen LogP) is 1.89. The summed E-state index contributed by atoms with van der Waals surface area (Å²) in [5.74, 6) is 2.04. The number of rotatable bonds is 3. The van der Waals surface area contributed by atoms with Gasteiger partial charge in [-0.3, -0.25) is 0 Å². The van der Waals surface area contributed by atoms with Crippen molar-refractivity contribution in [3.05, 3.63) is 42.0 Å². The van der Waals surface area contributed by atoms with Gasteiger partial charge in [0.05, 0.1) is 18.3 Å². The fraction of sp³-hybridized carbons (Fsp3) is 0.429. The van der Waals surface area contributed by atoms with Crippen molar-refractivity contribution in [1.29, 1.82) is 0 Å². The van der Waals surface area contributed by atoms with Crippen molar-refractivity contribution < 1.29 is 4.39 Å². The van der Waals surface area contributed by atoms with Gasteiger partial charge in [0.15, 0.2) is 5.82 Å². The van der Waals surface area contributed by atoms with E-state index in [1.165, 1.54) is 30.8 Å². The molecule has 1 saturated carbocycles. The van der Waals surface area contributed by atoms with Crippen molar-refractivity contribution in [2.45, 2.75) is 24.7 Å². The minimum Gasteiger partial charge on any atom is -0.339 e. The first-order valence-corrected chi connectivity index (χ1v) is 6.84. The molecule has 2 aromatic heterocycles. The number of anilines is 1. The fourth-order valence-electron chi connectivity index (χ4n) is 2.46. The number of hydrogen-bond acceptors (Lipinski definition) is 5. The lowest BCUT2D eigenvalue weighted by Crippen LogP contribution is -2.46. The summed E-state index contributed by atoms with van der Waals surface area (Å²) in [6.07, 6.45) is 8.82. The van der Waals surface area contributed by atoms with Gasteiger partial charge in [0.2, 0.25) is 5.95 Å². The summed E-state index contributed by atoms with van der Waals surface area (Å²) in [6, 6.07) is 0. The Hall–Kier alpha value is -2.11. The molecule has 0 unspecified atom stereocenters. The first-order valence-electron chi connectivity index (χ1n) is 6.84. The van der Waals surface area contributed by atoms with E-state index >= 15 is 0 Å². The van der Waals surface area contributed by atoms with Gasteiger partial charge in [-0.1, -0.05) is 0 Å². The molecule has 4 rings (SSSR count). The second kappa shape index (κ2) is 4.47. The van der Waals surface area contributed by atoms with Gasteiger partial charge in [0.1, 0.15) is 5.82 Å². The Morgan fingerprint density at radius 1 is 0.900 bits per heavy atom. The highest BCUT2D eigenvalue weighted by atomic mass is 19.1. The van der Waals surface area contributed by atoms with Gasteiger partial charge in [-0.05, 0) is 24.3 Å². The first kappa shape index (κ1) is 11.7. The third-order valence-electron chi connectivity index (χ3n) is 3.88. The fourth-order valence-corrected chi connectivity index (χ4v) is 2.46. The molecule has 1 aliphatic heterocycles. The van der Waals surface area contributed by atoms with Crippen molar-refractivity contribution in [3.8, 4) is 0 Å². The van der Waals surface area contributed by atoms with Crippen LogP contribution in [0.3, 0.4) is 0 Å². The second-order valence-corrected chi connectivity index (χ2v) is 5.45. The third kappa shape index (κ3) is 2.11. The monoisotopic (exact) mass is 271 g/mol. The third-order valence-corrected chi connectivity index (χ3v) is 3.88. The van der Waals surface area contributed by atoms with E-state index in [0.29, 0.717) is 17.8 Å². The number of nitrogens with zero attached hydrogens (tertiary/aromatic N) is 5. The lowest BCUT2D eigenvalue weighted by molar-refractivity contribution is 0.488. The molecule has 2 aromatic rings. The normalized spacial score (nSPS) is 18.9. The molecule has 20 heavy (non-hydrogen) atoms. The zero-order valence-corrected chi connectivity index (χ0v) is 10.9. The van der Waals surface area contributed by atoms with Crippen molar-refractivity contribution in [1.82, 2.24) is 19.9 Å². The molecule has 0 N–H and O–H groups in total. The standard InChI is InChI=1S/C14H14FN5/c15-12-5-18-14(19-6-12)20-7-11(8-20)13-16-3-10(4-17-13)9-1-2-9/h3-6,9,11H,1-2,7-8H2. The molecule has 5 nitrogen and oxygen atoms in total. The SMILES string of the molecule is Fc1cnc(N2CC(c3ncc(C4CC4)cn3)C2)nc1. The van der Waals surface area contributed by atoms with E-state index < -0.39 is 5.82 Å². The Morgan fingerprint density at radius 2 is 1.55 bits per heavy atom. The second-order valence-electron chi connectivity index (χ2n) is 5.45. The van der Waals surface area contributed by atoms with Crippen LogP contribution < -0.4 is 4.90 Å². The average Bonchev–Trinajstić information content (AvgIpc) is 3.25. The summed E-state index contributed by atoms with van der Waals surface area (Å²) < 4.78 is 12.8. The predicted molar refractivity (Wildman–Crippen MR) is 71.0 cm³/mol. The molecular weight excluding hydrogens is 257 g/mol. The molecule has 1 aliphatic carbocycles. The molecular formula is C14H14FN5. The van der Waals surface area contributed by atoms with Crippen LogP contribution in [-0.2, 0) is 0 Å². The van der Waals surface area contributed by atoms with Crippen LogP contribution in [0.5, 0.6) is 0 Å². The molecule has 0 atom stereocenters. The van der Waals surface area contributed by atoms with E-state index in [1.807, 2.05) is 17.3 Å². The van der Waals surface area contributed by atoms with E-state index in [2.05, 4.69) is 19.9 Å². The van der Waals surface area contributed by atoms with Gasteiger partial charge in [-0.25, -0.2) is 24.3 Å². The topological polar surface area (TPSA) is 54.8 Å². The minimum absolute atomic E-state index is 0.317. The van der Waals surface area contributed by atoms with Gasteiger partial charge in [-0.15, -0.1) is 0 Å². The van der Waals surface area contributed by atoms with Crippen LogP contribution in [0.2, 0.25) is 0 Å². The summed E-state index contributed by atoms with van der Waals surface area (Å²) in [5, 5.41) is 0. The van der Waals surface area contributed by atoms with Crippen LogP contribution in [0.4, 0.5) is 10.3 Å². The van der Waals surface area contributed by atoms with E-state index in [4.69, 9.17) is 0 Å². The highest BCUT2D eigenvalue weighted by Gasteiger charge is 2.32. The van der Waals surface area contributed by atoms with Gasteiger partial charge in [0, 0.05) is 25.5 Å². The lowest BCUT2D eigenvalue weighted by Gasteiger charge is -2.38. The molecule has 0 spiro atoms. The van der Waals surface area contributed by atoms with Crippen LogP contribution in [0.15, 0.2) is 24.8 Å². The molecule has 2 aliphatic rings. The molecule has 6 heteroatoms. The summed E-state index contributed by atoms with van der Waals surface area (Å²) >= 11 is 0. The van der Waals surface area contributed by atoms with E-state index in [9.17, 15) is 4.39 Å². The number of hydrogen-bond donors (Lipinski definition) is 0. The van der Waals surface area contributed by atoms with Crippen LogP contribution in [-0.4, -0.2) is 33.0 Å². The molecule has 0 bridgehead atoms. The Balaban J connectivity index is 1.41. The van der Waals surface area contributed by atoms with Crippen LogP contribution in [0.25, 0.3) is 0 Å². The van der Waals surface area contributed by atoms with Gasteiger partial charge in [-0.2, -0.15) is 0 Å². The highest BCUT2D eigenvalue weighted by molar-refractivity contribution is 5.36. The van der Waals surface area contributed by atoms with Gasteiger partial charge in [0.25, 0.3) is 0 Å². The van der Waals surface area contributed by atoms with Crippen LogP contribution >= 0.6 is 0 Å². The van der Waals surface area contributed by atoms with E-state index in [0.717, 1.165) is 18.9 Å². The van der Waals surface area contributed by atoms with E-state index in [-0.39, 0.29) is 0 Å². The van der Waals surface area contributed by atoms with Crippen molar-refractivity contribution in [3.63, 3.8) is 0 Å². The maximum absolute atomic E-state index is 12.8. The number of aromatic nitrogens is 4. The van der Waals surface area contributed by atoms with Crippen molar-refractivity contribution >= 4 is 5.95 Å². The van der Waals surface area contributed by atoms with Gasteiger partial charge < -0.3 is 4.90 Å². The quantitative estimate of drug-likeness (QED) is 0.853. The van der Waals surface area contributed by atoms with Crippen LogP contribution in [0, 0.1) is 5.82 Å². The lowest BCUT2D eigenvalue weighted by atomic mass is 9.99. The molecule has 0 radical (unpaired) electrons. The van der Waals surface area contributed by atoms with Crippen molar-refractivity contribution in [2.24, 2.45) is 0 Å². The largest absolute Gasteiger partial charge is 0.339 e. The zero-order valence-electron chi connectivity index (χ0n) is 10.9. The average molecular weight is 271 g/mol. The maximum Gasteiger partial charge on any atom is 0.225 e. The summed E-state index contributed by atoms with van der Waals surface area (Å²) in [4.78, 5) is 18.9. The Morgan fingerprint density at radius 3 is 2.15 bits per heavy atom. The zero-order chi connectivity index (χ0) is 13.5.